The second-order valence-electron chi connectivity index (χ2n) is 10.2. The van der Waals surface area contributed by atoms with Crippen LogP contribution in [-0.4, -0.2) is 53.9 Å². The molecular weight excluding hydrogens is 428 g/mol. The molecule has 7 nitrogen and oxygen atoms in total. The lowest BCUT2D eigenvalue weighted by atomic mass is 9.58. The quantitative estimate of drug-likeness (QED) is 0.369. The van der Waals surface area contributed by atoms with Crippen LogP contribution in [0.15, 0.2) is 64.9 Å². The number of hydrogen-bond donors (Lipinski definition) is 1. The SMILES string of the molecule is CC1CCCN(N=Nc2ccc(C(C(=O)OO)(c3ccccc3)C3CN4CCC3CC4)cc2)C1. The first-order valence-corrected chi connectivity index (χ1v) is 12.5. The molecule has 1 N–H and O–H groups in total. The van der Waals surface area contributed by atoms with Crippen molar-refractivity contribution in [1.82, 2.24) is 9.91 Å². The second-order valence-corrected chi connectivity index (χ2v) is 10.2. The predicted molar refractivity (Wildman–Crippen MR) is 130 cm³/mol. The van der Waals surface area contributed by atoms with E-state index in [1.54, 1.807) is 0 Å². The summed E-state index contributed by atoms with van der Waals surface area (Å²) in [5.74, 6) is 0.422. The Bertz CT molecular complexity index is 1000. The van der Waals surface area contributed by atoms with Crippen molar-refractivity contribution in [3.8, 4) is 0 Å². The van der Waals surface area contributed by atoms with Gasteiger partial charge in [0.1, 0.15) is 5.41 Å². The van der Waals surface area contributed by atoms with Crippen molar-refractivity contribution >= 4 is 11.7 Å². The molecule has 0 amide bonds. The molecule has 0 spiro atoms. The third-order valence-corrected chi connectivity index (χ3v) is 8.09. The Morgan fingerprint density at radius 3 is 2.29 bits per heavy atom. The summed E-state index contributed by atoms with van der Waals surface area (Å²) < 4.78 is 0. The summed E-state index contributed by atoms with van der Waals surface area (Å²) in [6, 6.07) is 17.5. The van der Waals surface area contributed by atoms with Crippen LogP contribution in [-0.2, 0) is 15.1 Å². The maximum Gasteiger partial charge on any atom is 0.357 e. The van der Waals surface area contributed by atoms with E-state index in [1.165, 1.54) is 6.42 Å². The minimum absolute atomic E-state index is 0.0133. The fourth-order valence-electron chi connectivity index (χ4n) is 6.36. The molecule has 2 aromatic rings. The minimum atomic E-state index is -1.09. The van der Waals surface area contributed by atoms with Crippen LogP contribution in [0.3, 0.4) is 0 Å². The molecule has 6 rings (SSSR count). The summed E-state index contributed by atoms with van der Waals surface area (Å²) in [7, 11) is 0. The molecule has 0 radical (unpaired) electrons. The summed E-state index contributed by atoms with van der Waals surface area (Å²) in [5.41, 5.74) is 1.33. The molecular formula is C27H34N4O3. The lowest BCUT2D eigenvalue weighted by Gasteiger charge is -2.52. The summed E-state index contributed by atoms with van der Waals surface area (Å²) >= 11 is 0. The zero-order valence-electron chi connectivity index (χ0n) is 19.8. The Labute approximate surface area is 201 Å². The second kappa shape index (κ2) is 9.84. The first kappa shape index (κ1) is 23.0. The molecule has 0 aromatic heterocycles. The molecule has 3 unspecified atom stereocenters. The van der Waals surface area contributed by atoms with Gasteiger partial charge in [0.2, 0.25) is 0 Å². The Morgan fingerprint density at radius 1 is 0.971 bits per heavy atom. The van der Waals surface area contributed by atoms with Gasteiger partial charge in [0.25, 0.3) is 0 Å². The fraction of sp³-hybridized carbons (Fsp3) is 0.519. The first-order valence-electron chi connectivity index (χ1n) is 12.5. The monoisotopic (exact) mass is 462 g/mol. The number of carbonyl (C=O) groups excluding carboxylic acids is 1. The van der Waals surface area contributed by atoms with Gasteiger partial charge in [-0.3, -0.25) is 9.90 Å². The molecule has 4 aliphatic heterocycles. The largest absolute Gasteiger partial charge is 0.357 e. The van der Waals surface area contributed by atoms with Crippen LogP contribution in [0.4, 0.5) is 5.69 Å². The van der Waals surface area contributed by atoms with E-state index in [0.717, 1.165) is 68.8 Å². The van der Waals surface area contributed by atoms with Gasteiger partial charge in [0.05, 0.1) is 5.69 Å². The van der Waals surface area contributed by atoms with Gasteiger partial charge in [-0.25, -0.2) is 4.79 Å². The minimum Gasteiger partial charge on any atom is -0.303 e. The van der Waals surface area contributed by atoms with Crippen molar-refractivity contribution in [3.05, 3.63) is 65.7 Å². The van der Waals surface area contributed by atoms with E-state index in [0.29, 0.717) is 11.8 Å². The van der Waals surface area contributed by atoms with Crippen molar-refractivity contribution in [2.45, 2.75) is 38.0 Å². The topological polar surface area (TPSA) is 77.7 Å². The Balaban J connectivity index is 1.52. The highest BCUT2D eigenvalue weighted by atomic mass is 17.1. The number of piperidine rings is 4. The lowest BCUT2D eigenvalue weighted by molar-refractivity contribution is -0.243. The number of carbonyl (C=O) groups is 1. The number of benzene rings is 2. The van der Waals surface area contributed by atoms with Crippen LogP contribution < -0.4 is 0 Å². The molecule has 0 aliphatic carbocycles. The summed E-state index contributed by atoms with van der Waals surface area (Å²) in [6.07, 6.45) is 4.49. The standard InChI is InChI=1S/C27H34N4O3/c1-20-6-5-15-31(18-20)29-28-24-11-9-23(10-12-24)27(26(32)34-33,22-7-3-2-4-8-22)25-19-30-16-13-21(25)14-17-30/h2-4,7-12,20-21,25,33H,5-6,13-19H2,1H3. The van der Waals surface area contributed by atoms with Crippen LogP contribution in [0.5, 0.6) is 0 Å². The van der Waals surface area contributed by atoms with Gasteiger partial charge in [-0.1, -0.05) is 54.6 Å². The number of rotatable bonds is 6. The predicted octanol–water partition coefficient (Wildman–Crippen LogP) is 5.06. The highest BCUT2D eigenvalue weighted by molar-refractivity contribution is 5.88. The maximum atomic E-state index is 13.5. The molecule has 34 heavy (non-hydrogen) atoms. The third-order valence-electron chi connectivity index (χ3n) is 8.09. The van der Waals surface area contributed by atoms with Gasteiger partial charge in [-0.2, -0.15) is 5.26 Å². The molecule has 180 valence electrons. The molecule has 2 bridgehead atoms. The Hall–Kier alpha value is -2.77. The van der Waals surface area contributed by atoms with E-state index >= 15 is 0 Å². The average molecular weight is 463 g/mol. The van der Waals surface area contributed by atoms with Gasteiger partial charge in [-0.05, 0) is 79.8 Å². The summed E-state index contributed by atoms with van der Waals surface area (Å²) in [5, 5.41) is 20.6. The van der Waals surface area contributed by atoms with Crippen molar-refractivity contribution in [2.24, 2.45) is 28.1 Å². The number of hydrogen-bond acceptors (Lipinski definition) is 6. The fourth-order valence-corrected chi connectivity index (χ4v) is 6.36. The third kappa shape index (κ3) is 4.23. The van der Waals surface area contributed by atoms with E-state index in [1.807, 2.05) is 59.6 Å². The van der Waals surface area contributed by atoms with E-state index in [2.05, 4.69) is 27.0 Å². The molecule has 0 saturated carbocycles. The van der Waals surface area contributed by atoms with Gasteiger partial charge in [0.15, 0.2) is 0 Å². The molecule has 4 fully saturated rings. The Kier molecular flexibility index (Phi) is 6.66. The van der Waals surface area contributed by atoms with E-state index in [4.69, 9.17) is 0 Å². The van der Waals surface area contributed by atoms with Crippen molar-refractivity contribution < 1.29 is 14.9 Å². The van der Waals surface area contributed by atoms with Gasteiger partial charge >= 0.3 is 5.97 Å². The van der Waals surface area contributed by atoms with E-state index in [-0.39, 0.29) is 5.92 Å². The van der Waals surface area contributed by atoms with Crippen molar-refractivity contribution in [1.29, 1.82) is 0 Å². The highest BCUT2D eigenvalue weighted by Crippen LogP contribution is 2.49. The van der Waals surface area contributed by atoms with Crippen LogP contribution in [0.1, 0.15) is 43.7 Å². The van der Waals surface area contributed by atoms with Crippen molar-refractivity contribution in [3.63, 3.8) is 0 Å². The Morgan fingerprint density at radius 2 is 1.68 bits per heavy atom. The van der Waals surface area contributed by atoms with E-state index < -0.39 is 11.4 Å². The zero-order valence-corrected chi connectivity index (χ0v) is 19.8. The van der Waals surface area contributed by atoms with Crippen LogP contribution in [0.2, 0.25) is 0 Å². The van der Waals surface area contributed by atoms with E-state index in [9.17, 15) is 10.1 Å². The lowest BCUT2D eigenvalue weighted by Crippen LogP contribution is -2.58. The molecule has 7 heteroatoms. The van der Waals surface area contributed by atoms with Gasteiger partial charge in [-0.15, -0.1) is 5.11 Å². The molecule has 4 heterocycles. The van der Waals surface area contributed by atoms with Crippen molar-refractivity contribution in [2.75, 3.05) is 32.7 Å². The van der Waals surface area contributed by atoms with Crippen LogP contribution in [0.25, 0.3) is 0 Å². The van der Waals surface area contributed by atoms with Crippen LogP contribution >= 0.6 is 0 Å². The van der Waals surface area contributed by atoms with Gasteiger partial charge in [0, 0.05) is 19.6 Å². The molecule has 4 aliphatic rings. The molecule has 3 atom stereocenters. The maximum absolute atomic E-state index is 13.5. The summed E-state index contributed by atoms with van der Waals surface area (Å²) in [6.45, 7) is 7.05. The smallest absolute Gasteiger partial charge is 0.303 e. The number of nitrogens with zero attached hydrogens (tertiary/aromatic N) is 4. The average Bonchev–Trinajstić information content (AvgIpc) is 2.90. The zero-order chi connectivity index (χ0) is 23.5. The first-order chi connectivity index (χ1) is 16.6. The number of fused-ring (bicyclic) bond motifs is 3. The summed E-state index contributed by atoms with van der Waals surface area (Å²) in [4.78, 5) is 20.5. The normalized spacial score (nSPS) is 28.6. The molecule has 4 saturated heterocycles. The van der Waals surface area contributed by atoms with Gasteiger partial charge < -0.3 is 4.90 Å². The van der Waals surface area contributed by atoms with Crippen LogP contribution in [0, 0.1) is 17.8 Å². The highest BCUT2D eigenvalue weighted by Gasteiger charge is 2.55. The molecule has 2 aromatic carbocycles.